The van der Waals surface area contributed by atoms with Crippen molar-refractivity contribution in [3.05, 3.63) is 89.5 Å². The summed E-state index contributed by atoms with van der Waals surface area (Å²) in [5, 5.41) is 7.51. The molecule has 26 heavy (non-hydrogen) atoms. The molecule has 0 aromatic heterocycles. The van der Waals surface area contributed by atoms with Gasteiger partial charge in [0.15, 0.2) is 0 Å². The second-order valence-electron chi connectivity index (χ2n) is 6.31. The predicted molar refractivity (Wildman–Crippen MR) is 105 cm³/mol. The minimum absolute atomic E-state index is 0.170. The molecule has 0 saturated heterocycles. The quantitative estimate of drug-likeness (QED) is 0.552. The van der Waals surface area contributed by atoms with Crippen LogP contribution in [0, 0.1) is 6.92 Å². The van der Waals surface area contributed by atoms with Gasteiger partial charge in [0.05, 0.1) is 12.3 Å². The molecular formula is C22H19N3O. The Labute approximate surface area is 152 Å². The molecule has 128 valence electrons. The highest BCUT2D eigenvalue weighted by molar-refractivity contribution is 6.24. The number of fused-ring (bicyclic) bond motifs is 3. The Hall–Kier alpha value is -3.40. The van der Waals surface area contributed by atoms with E-state index in [0.717, 1.165) is 33.7 Å². The van der Waals surface area contributed by atoms with Crippen LogP contribution in [0.15, 0.2) is 77.9 Å². The fraction of sp³-hybridized carbons (Fsp3) is 0.0909. The molecule has 0 saturated carbocycles. The lowest BCUT2D eigenvalue weighted by atomic mass is 10.1. The third-order valence-electron chi connectivity index (χ3n) is 4.45. The molecule has 3 aromatic carbocycles. The third kappa shape index (κ3) is 3.09. The first kappa shape index (κ1) is 16.1. The Bertz CT molecular complexity index is 943. The number of amides is 1. The number of carbonyl (C=O) groups excluding carboxylic acids is 1. The number of anilines is 1. The van der Waals surface area contributed by atoms with Crippen LogP contribution in [-0.2, 0) is 4.79 Å². The average Bonchev–Trinajstić information content (AvgIpc) is 3.00. The van der Waals surface area contributed by atoms with Crippen molar-refractivity contribution in [3.8, 4) is 11.1 Å². The van der Waals surface area contributed by atoms with E-state index in [1.54, 1.807) is 0 Å². The maximum Gasteiger partial charge on any atom is 0.259 e. The van der Waals surface area contributed by atoms with E-state index >= 15 is 0 Å². The number of rotatable bonds is 4. The number of hydrogen-bond acceptors (Lipinski definition) is 3. The van der Waals surface area contributed by atoms with Gasteiger partial charge in [-0.25, -0.2) is 5.43 Å². The molecule has 1 amide bonds. The maximum atomic E-state index is 12.2. The molecule has 1 aliphatic rings. The highest BCUT2D eigenvalue weighted by Crippen LogP contribution is 2.36. The molecule has 0 spiro atoms. The van der Waals surface area contributed by atoms with Crippen LogP contribution in [0.25, 0.3) is 11.1 Å². The van der Waals surface area contributed by atoms with Crippen molar-refractivity contribution in [3.63, 3.8) is 0 Å². The van der Waals surface area contributed by atoms with Crippen molar-refractivity contribution in [1.82, 2.24) is 5.43 Å². The number of benzene rings is 3. The van der Waals surface area contributed by atoms with Gasteiger partial charge in [0, 0.05) is 16.8 Å². The summed E-state index contributed by atoms with van der Waals surface area (Å²) in [5.41, 5.74) is 9.96. The zero-order chi connectivity index (χ0) is 17.9. The van der Waals surface area contributed by atoms with Crippen molar-refractivity contribution in [1.29, 1.82) is 0 Å². The molecule has 0 heterocycles. The number of hydrazone groups is 1. The summed E-state index contributed by atoms with van der Waals surface area (Å²) >= 11 is 0. The van der Waals surface area contributed by atoms with Gasteiger partial charge in [-0.3, -0.25) is 4.79 Å². The number of carbonyl (C=O) groups is 1. The van der Waals surface area contributed by atoms with Gasteiger partial charge in [-0.1, -0.05) is 66.2 Å². The maximum absolute atomic E-state index is 12.2. The molecule has 0 fully saturated rings. The monoisotopic (exact) mass is 341 g/mol. The smallest absolute Gasteiger partial charge is 0.259 e. The van der Waals surface area contributed by atoms with Crippen LogP contribution in [0.4, 0.5) is 5.69 Å². The van der Waals surface area contributed by atoms with Crippen LogP contribution in [0.5, 0.6) is 0 Å². The molecule has 2 N–H and O–H groups in total. The third-order valence-corrected chi connectivity index (χ3v) is 4.45. The topological polar surface area (TPSA) is 53.5 Å². The van der Waals surface area contributed by atoms with Gasteiger partial charge >= 0.3 is 0 Å². The van der Waals surface area contributed by atoms with Crippen LogP contribution >= 0.6 is 0 Å². The molecular weight excluding hydrogens is 322 g/mol. The number of aryl methyl sites for hydroxylation is 1. The first-order valence-electron chi connectivity index (χ1n) is 8.58. The SMILES string of the molecule is Cc1ccc(NCC(=O)NN=C2c3ccccc3-c3ccccc32)cc1. The molecule has 0 bridgehead atoms. The summed E-state index contributed by atoms with van der Waals surface area (Å²) in [6.07, 6.45) is 0. The highest BCUT2D eigenvalue weighted by Gasteiger charge is 2.24. The summed E-state index contributed by atoms with van der Waals surface area (Å²) in [7, 11) is 0. The molecule has 4 heteroatoms. The van der Waals surface area contributed by atoms with E-state index in [-0.39, 0.29) is 12.5 Å². The molecule has 4 nitrogen and oxygen atoms in total. The van der Waals surface area contributed by atoms with Crippen LogP contribution in [0.3, 0.4) is 0 Å². The number of hydrogen-bond donors (Lipinski definition) is 2. The minimum Gasteiger partial charge on any atom is -0.376 e. The van der Waals surface area contributed by atoms with Crippen LogP contribution in [-0.4, -0.2) is 18.2 Å². The Morgan fingerprint density at radius 3 is 1.92 bits per heavy atom. The molecule has 4 rings (SSSR count). The second kappa shape index (κ2) is 6.84. The van der Waals surface area contributed by atoms with E-state index in [4.69, 9.17) is 0 Å². The molecule has 3 aromatic rings. The van der Waals surface area contributed by atoms with Crippen molar-refractivity contribution in [2.75, 3.05) is 11.9 Å². The zero-order valence-electron chi connectivity index (χ0n) is 14.5. The Morgan fingerprint density at radius 2 is 1.35 bits per heavy atom. The van der Waals surface area contributed by atoms with E-state index in [2.05, 4.69) is 28.0 Å². The van der Waals surface area contributed by atoms with E-state index in [9.17, 15) is 4.79 Å². The van der Waals surface area contributed by atoms with Gasteiger partial charge in [0.2, 0.25) is 0 Å². The first-order chi connectivity index (χ1) is 12.7. The second-order valence-corrected chi connectivity index (χ2v) is 6.31. The van der Waals surface area contributed by atoms with Crippen molar-refractivity contribution in [2.24, 2.45) is 5.10 Å². The van der Waals surface area contributed by atoms with E-state index in [0.29, 0.717) is 0 Å². The Balaban J connectivity index is 1.50. The number of nitrogens with one attached hydrogen (secondary N) is 2. The van der Waals surface area contributed by atoms with E-state index in [1.165, 1.54) is 5.56 Å². The van der Waals surface area contributed by atoms with Gasteiger partial charge in [0.25, 0.3) is 5.91 Å². The first-order valence-corrected chi connectivity index (χ1v) is 8.58. The summed E-state index contributed by atoms with van der Waals surface area (Å²) in [6.45, 7) is 2.20. The van der Waals surface area contributed by atoms with Gasteiger partial charge < -0.3 is 5.32 Å². The molecule has 0 aliphatic heterocycles. The molecule has 0 radical (unpaired) electrons. The van der Waals surface area contributed by atoms with Crippen molar-refractivity contribution < 1.29 is 4.79 Å². The predicted octanol–water partition coefficient (Wildman–Crippen LogP) is 3.96. The van der Waals surface area contributed by atoms with Crippen molar-refractivity contribution in [2.45, 2.75) is 6.92 Å². The van der Waals surface area contributed by atoms with Crippen LogP contribution < -0.4 is 10.7 Å². The van der Waals surface area contributed by atoms with Gasteiger partial charge in [-0.2, -0.15) is 5.10 Å². The normalized spacial score (nSPS) is 11.5. The molecule has 0 unspecified atom stereocenters. The summed E-state index contributed by atoms with van der Waals surface area (Å²) in [4.78, 5) is 12.2. The highest BCUT2D eigenvalue weighted by atomic mass is 16.2. The van der Waals surface area contributed by atoms with Gasteiger partial charge in [-0.15, -0.1) is 0 Å². The Kier molecular flexibility index (Phi) is 4.23. The largest absolute Gasteiger partial charge is 0.376 e. The summed E-state index contributed by atoms with van der Waals surface area (Å²) in [6, 6.07) is 24.2. The van der Waals surface area contributed by atoms with Crippen LogP contribution in [0.2, 0.25) is 0 Å². The zero-order valence-corrected chi connectivity index (χ0v) is 14.5. The van der Waals surface area contributed by atoms with Gasteiger partial charge in [0.1, 0.15) is 0 Å². The fourth-order valence-electron chi connectivity index (χ4n) is 3.13. The van der Waals surface area contributed by atoms with Crippen molar-refractivity contribution >= 4 is 17.3 Å². The average molecular weight is 341 g/mol. The Morgan fingerprint density at radius 1 is 0.808 bits per heavy atom. The van der Waals surface area contributed by atoms with E-state index < -0.39 is 0 Å². The van der Waals surface area contributed by atoms with Gasteiger partial charge in [-0.05, 0) is 30.2 Å². The number of nitrogens with zero attached hydrogens (tertiary/aromatic N) is 1. The standard InChI is InChI=1S/C22H19N3O/c1-15-10-12-16(13-11-15)23-14-21(26)24-25-22-19-8-4-2-6-17(19)18-7-3-5-9-20(18)22/h2-13,23H,14H2,1H3,(H,24,26). The lowest BCUT2D eigenvalue weighted by Crippen LogP contribution is -2.27. The molecule has 1 aliphatic carbocycles. The fourth-order valence-corrected chi connectivity index (χ4v) is 3.13. The van der Waals surface area contributed by atoms with Crippen LogP contribution in [0.1, 0.15) is 16.7 Å². The minimum atomic E-state index is -0.181. The summed E-state index contributed by atoms with van der Waals surface area (Å²) in [5.74, 6) is -0.181. The lowest BCUT2D eigenvalue weighted by molar-refractivity contribution is -0.119. The lowest BCUT2D eigenvalue weighted by Gasteiger charge is -2.06. The summed E-state index contributed by atoms with van der Waals surface area (Å²) < 4.78 is 0. The molecule has 0 atom stereocenters. The van der Waals surface area contributed by atoms with E-state index in [1.807, 2.05) is 67.6 Å².